The Morgan fingerprint density at radius 2 is 2.12 bits per heavy atom. The summed E-state index contributed by atoms with van der Waals surface area (Å²) in [6, 6.07) is 0. The summed E-state index contributed by atoms with van der Waals surface area (Å²) in [6.45, 7) is 6.01. The first kappa shape index (κ1) is 12.3. The summed E-state index contributed by atoms with van der Waals surface area (Å²) >= 11 is 1.65. The highest BCUT2D eigenvalue weighted by molar-refractivity contribution is 7.11. The van der Waals surface area contributed by atoms with Crippen LogP contribution in [0.1, 0.15) is 32.9 Å². The predicted molar refractivity (Wildman–Crippen MR) is 68.2 cm³/mol. The number of rotatable bonds is 3. The lowest BCUT2D eigenvalue weighted by Crippen LogP contribution is -2.03. The van der Waals surface area contributed by atoms with Crippen molar-refractivity contribution in [1.29, 1.82) is 0 Å². The Balaban J connectivity index is 2.16. The van der Waals surface area contributed by atoms with Crippen molar-refractivity contribution in [3.8, 4) is 0 Å². The highest BCUT2D eigenvalue weighted by atomic mass is 32.1. The van der Waals surface area contributed by atoms with E-state index in [1.807, 2.05) is 20.9 Å². The van der Waals surface area contributed by atoms with Crippen molar-refractivity contribution in [2.24, 2.45) is 7.05 Å². The van der Waals surface area contributed by atoms with Crippen molar-refractivity contribution >= 4 is 11.3 Å². The minimum atomic E-state index is -0.520. The molecule has 1 unspecified atom stereocenters. The largest absolute Gasteiger partial charge is 0.388 e. The fourth-order valence-electron chi connectivity index (χ4n) is 1.74. The Labute approximate surface area is 105 Å². The average molecular weight is 251 g/mol. The summed E-state index contributed by atoms with van der Waals surface area (Å²) < 4.78 is 1.77. The summed E-state index contributed by atoms with van der Waals surface area (Å²) in [5.41, 5.74) is 2.95. The van der Waals surface area contributed by atoms with E-state index in [0.29, 0.717) is 6.42 Å². The molecule has 0 saturated carbocycles. The van der Waals surface area contributed by atoms with E-state index in [4.69, 9.17) is 0 Å². The molecule has 2 heterocycles. The van der Waals surface area contributed by atoms with E-state index in [2.05, 4.69) is 17.0 Å². The molecule has 0 fully saturated rings. The van der Waals surface area contributed by atoms with Gasteiger partial charge in [-0.3, -0.25) is 4.68 Å². The molecule has 0 saturated heterocycles. The second kappa shape index (κ2) is 4.58. The van der Waals surface area contributed by atoms with E-state index in [1.165, 1.54) is 4.88 Å². The molecule has 0 spiro atoms. The first-order chi connectivity index (χ1) is 7.99. The molecule has 0 bridgehead atoms. The maximum absolute atomic E-state index is 10.2. The van der Waals surface area contributed by atoms with Crippen molar-refractivity contribution < 1.29 is 5.11 Å². The van der Waals surface area contributed by atoms with E-state index in [-0.39, 0.29) is 0 Å². The number of aromatic nitrogens is 3. The van der Waals surface area contributed by atoms with Crippen LogP contribution in [-0.4, -0.2) is 19.9 Å². The number of aliphatic hydroxyl groups excluding tert-OH is 1. The second-order valence-electron chi connectivity index (χ2n) is 4.28. The van der Waals surface area contributed by atoms with Crippen LogP contribution in [0.4, 0.5) is 0 Å². The van der Waals surface area contributed by atoms with E-state index in [9.17, 15) is 5.11 Å². The molecule has 4 nitrogen and oxygen atoms in total. The Morgan fingerprint density at radius 1 is 1.41 bits per heavy atom. The number of aryl methyl sites for hydroxylation is 3. The second-order valence-corrected chi connectivity index (χ2v) is 5.57. The Hall–Kier alpha value is -1.20. The summed E-state index contributed by atoms with van der Waals surface area (Å²) in [5.74, 6) is 0. The lowest BCUT2D eigenvalue weighted by molar-refractivity contribution is 0.177. The third-order valence-electron chi connectivity index (χ3n) is 3.07. The van der Waals surface area contributed by atoms with E-state index in [0.717, 1.165) is 22.0 Å². The number of aliphatic hydroxyl groups is 1. The van der Waals surface area contributed by atoms with Gasteiger partial charge in [0.15, 0.2) is 0 Å². The third kappa shape index (κ3) is 2.40. The fraction of sp³-hybridized carbons (Fsp3) is 0.500. The zero-order chi connectivity index (χ0) is 12.6. The number of hydrogen-bond acceptors (Lipinski definition) is 4. The van der Waals surface area contributed by atoms with E-state index in [1.54, 1.807) is 22.2 Å². The Kier molecular flexibility index (Phi) is 3.31. The third-order valence-corrected chi connectivity index (χ3v) is 4.17. The molecule has 0 aliphatic rings. The molecule has 1 N–H and O–H groups in total. The van der Waals surface area contributed by atoms with Crippen molar-refractivity contribution in [1.82, 2.24) is 14.8 Å². The SMILES string of the molecule is Cc1nc(CC(O)c2cnn(C)c2C)sc1C. The van der Waals surface area contributed by atoms with Gasteiger partial charge in [0, 0.05) is 29.6 Å². The smallest absolute Gasteiger partial charge is 0.0960 e. The van der Waals surface area contributed by atoms with Crippen LogP contribution >= 0.6 is 11.3 Å². The van der Waals surface area contributed by atoms with Gasteiger partial charge >= 0.3 is 0 Å². The van der Waals surface area contributed by atoms with Crippen molar-refractivity contribution in [3.05, 3.63) is 33.0 Å². The molecule has 17 heavy (non-hydrogen) atoms. The first-order valence-electron chi connectivity index (χ1n) is 5.58. The highest BCUT2D eigenvalue weighted by Gasteiger charge is 2.16. The lowest BCUT2D eigenvalue weighted by atomic mass is 10.1. The summed E-state index contributed by atoms with van der Waals surface area (Å²) in [7, 11) is 1.88. The molecule has 2 aromatic heterocycles. The van der Waals surface area contributed by atoms with Gasteiger partial charge < -0.3 is 5.11 Å². The zero-order valence-electron chi connectivity index (χ0n) is 10.6. The number of nitrogens with zero attached hydrogens (tertiary/aromatic N) is 3. The fourth-order valence-corrected chi connectivity index (χ4v) is 2.72. The minimum absolute atomic E-state index is 0.520. The molecule has 0 amide bonds. The van der Waals surface area contributed by atoms with Crippen LogP contribution < -0.4 is 0 Å². The van der Waals surface area contributed by atoms with Gasteiger partial charge in [0.2, 0.25) is 0 Å². The van der Waals surface area contributed by atoms with Crippen LogP contribution in [0.2, 0.25) is 0 Å². The molecular weight excluding hydrogens is 234 g/mol. The van der Waals surface area contributed by atoms with Crippen molar-refractivity contribution in [2.45, 2.75) is 33.3 Å². The van der Waals surface area contributed by atoms with Gasteiger partial charge in [0.05, 0.1) is 23.0 Å². The van der Waals surface area contributed by atoms with Crippen LogP contribution in [0.3, 0.4) is 0 Å². The van der Waals surface area contributed by atoms with Gasteiger partial charge in [-0.2, -0.15) is 5.10 Å². The minimum Gasteiger partial charge on any atom is -0.388 e. The molecule has 2 rings (SSSR count). The van der Waals surface area contributed by atoms with Crippen LogP contribution in [-0.2, 0) is 13.5 Å². The highest BCUT2D eigenvalue weighted by Crippen LogP contribution is 2.24. The summed E-state index contributed by atoms with van der Waals surface area (Å²) in [6.07, 6.45) is 1.77. The zero-order valence-corrected chi connectivity index (χ0v) is 11.4. The average Bonchev–Trinajstić information content (AvgIpc) is 2.73. The quantitative estimate of drug-likeness (QED) is 0.908. The standard InChI is InChI=1S/C12H17N3OS/c1-7-9(3)17-12(14-7)5-11(16)10-6-13-15(4)8(10)2/h6,11,16H,5H2,1-4H3. The maximum atomic E-state index is 10.2. The molecule has 92 valence electrons. The Morgan fingerprint density at radius 3 is 2.59 bits per heavy atom. The Bertz CT molecular complexity index is 510. The monoisotopic (exact) mass is 251 g/mol. The van der Waals surface area contributed by atoms with Crippen LogP contribution in [0, 0.1) is 20.8 Å². The first-order valence-corrected chi connectivity index (χ1v) is 6.40. The van der Waals surface area contributed by atoms with Crippen molar-refractivity contribution in [2.75, 3.05) is 0 Å². The molecule has 5 heteroatoms. The van der Waals surface area contributed by atoms with Gasteiger partial charge in [0.1, 0.15) is 0 Å². The summed E-state index contributed by atoms with van der Waals surface area (Å²) in [4.78, 5) is 5.66. The van der Waals surface area contributed by atoms with Gasteiger partial charge in [0.25, 0.3) is 0 Å². The van der Waals surface area contributed by atoms with Gasteiger partial charge in [-0.25, -0.2) is 4.98 Å². The molecule has 0 aliphatic carbocycles. The molecule has 0 radical (unpaired) electrons. The molecule has 0 aliphatic heterocycles. The van der Waals surface area contributed by atoms with Gasteiger partial charge in [-0.1, -0.05) is 0 Å². The molecular formula is C12H17N3OS. The van der Waals surface area contributed by atoms with Gasteiger partial charge in [-0.05, 0) is 20.8 Å². The van der Waals surface area contributed by atoms with E-state index >= 15 is 0 Å². The van der Waals surface area contributed by atoms with Crippen LogP contribution in [0.5, 0.6) is 0 Å². The number of hydrogen-bond donors (Lipinski definition) is 1. The maximum Gasteiger partial charge on any atom is 0.0960 e. The lowest BCUT2D eigenvalue weighted by Gasteiger charge is -2.07. The van der Waals surface area contributed by atoms with Gasteiger partial charge in [-0.15, -0.1) is 11.3 Å². The number of thiazole rings is 1. The van der Waals surface area contributed by atoms with Crippen LogP contribution in [0.15, 0.2) is 6.20 Å². The van der Waals surface area contributed by atoms with Crippen molar-refractivity contribution in [3.63, 3.8) is 0 Å². The predicted octanol–water partition coefficient (Wildman–Crippen LogP) is 2.08. The molecule has 0 aromatic carbocycles. The molecule has 1 atom stereocenters. The molecule has 2 aromatic rings. The van der Waals surface area contributed by atoms with Crippen LogP contribution in [0.25, 0.3) is 0 Å². The normalized spacial score (nSPS) is 13.0. The van der Waals surface area contributed by atoms with E-state index < -0.39 is 6.10 Å². The summed E-state index contributed by atoms with van der Waals surface area (Å²) in [5, 5.41) is 15.3. The topological polar surface area (TPSA) is 50.9 Å².